The summed E-state index contributed by atoms with van der Waals surface area (Å²) in [5.74, 6) is 0. The van der Waals surface area contributed by atoms with E-state index in [1.54, 1.807) is 12.1 Å². The molecule has 0 atom stereocenters. The van der Waals surface area contributed by atoms with Crippen molar-refractivity contribution in [1.82, 2.24) is 4.72 Å². The molecule has 0 saturated heterocycles. The predicted octanol–water partition coefficient (Wildman–Crippen LogP) is 0.945. The summed E-state index contributed by atoms with van der Waals surface area (Å²) in [6.07, 6.45) is 0.383. The predicted molar refractivity (Wildman–Crippen MR) is 61.2 cm³/mol. The highest BCUT2D eigenvalue weighted by atomic mass is 32.2. The fraction of sp³-hybridized carbons (Fsp3) is 0.273. The van der Waals surface area contributed by atoms with Gasteiger partial charge in [0.15, 0.2) is 0 Å². The molecule has 0 heterocycles. The number of sulfonamides is 1. The summed E-state index contributed by atoms with van der Waals surface area (Å²) in [6, 6.07) is 9.93. The van der Waals surface area contributed by atoms with E-state index in [2.05, 4.69) is 4.72 Å². The van der Waals surface area contributed by atoms with Crippen molar-refractivity contribution in [2.75, 3.05) is 6.54 Å². The van der Waals surface area contributed by atoms with Gasteiger partial charge in [0, 0.05) is 13.0 Å². The van der Waals surface area contributed by atoms with Crippen molar-refractivity contribution in [3.63, 3.8) is 0 Å². The maximum atomic E-state index is 11.7. The van der Waals surface area contributed by atoms with Crippen molar-refractivity contribution >= 4 is 10.0 Å². The van der Waals surface area contributed by atoms with Crippen LogP contribution in [0, 0.1) is 22.7 Å². The number of benzene rings is 1. The lowest BCUT2D eigenvalue weighted by Crippen LogP contribution is -2.24. The van der Waals surface area contributed by atoms with Crippen LogP contribution >= 0.6 is 0 Å². The summed E-state index contributed by atoms with van der Waals surface area (Å²) >= 11 is 0. The van der Waals surface area contributed by atoms with E-state index < -0.39 is 10.0 Å². The first-order chi connectivity index (χ1) is 8.10. The molecule has 0 fully saturated rings. The third kappa shape index (κ3) is 3.87. The molecule has 0 radical (unpaired) electrons. The summed E-state index contributed by atoms with van der Waals surface area (Å²) < 4.78 is 25.7. The number of rotatable bonds is 5. The minimum atomic E-state index is -3.55. The number of nitrogens with zero attached hydrogens (tertiary/aromatic N) is 2. The highest BCUT2D eigenvalue weighted by Gasteiger charge is 2.12. The molecule has 0 aliphatic carbocycles. The Hall–Kier alpha value is -1.89. The van der Waals surface area contributed by atoms with E-state index in [1.807, 2.05) is 12.1 Å². The lowest BCUT2D eigenvalue weighted by molar-refractivity contribution is 0.582. The molecule has 1 aromatic carbocycles. The minimum absolute atomic E-state index is 0.0960. The highest BCUT2D eigenvalue weighted by Crippen LogP contribution is 2.10. The van der Waals surface area contributed by atoms with E-state index in [1.165, 1.54) is 12.1 Å². The first-order valence-electron chi connectivity index (χ1n) is 4.92. The Kier molecular flexibility index (Phi) is 4.65. The SMILES string of the molecule is N#CCCNS(=O)(=O)c1ccc(CC#N)cc1. The molecular weight excluding hydrogens is 238 g/mol. The van der Waals surface area contributed by atoms with Gasteiger partial charge < -0.3 is 0 Å². The molecule has 0 amide bonds. The molecule has 1 aromatic rings. The van der Waals surface area contributed by atoms with E-state index in [0.29, 0.717) is 0 Å². The van der Waals surface area contributed by atoms with Crippen LogP contribution in [0.2, 0.25) is 0 Å². The third-order valence-corrected chi connectivity index (χ3v) is 3.52. The summed E-state index contributed by atoms with van der Waals surface area (Å²) in [5.41, 5.74) is 0.767. The van der Waals surface area contributed by atoms with Crippen LogP contribution in [0.25, 0.3) is 0 Å². The first kappa shape index (κ1) is 13.2. The maximum absolute atomic E-state index is 11.7. The zero-order chi connectivity index (χ0) is 12.7. The molecule has 0 aliphatic heterocycles. The van der Waals surface area contributed by atoms with Crippen LogP contribution in [0.5, 0.6) is 0 Å². The van der Waals surface area contributed by atoms with E-state index in [-0.39, 0.29) is 24.3 Å². The van der Waals surface area contributed by atoms with Crippen LogP contribution in [0.3, 0.4) is 0 Å². The van der Waals surface area contributed by atoms with Gasteiger partial charge in [-0.05, 0) is 17.7 Å². The fourth-order valence-corrected chi connectivity index (χ4v) is 2.23. The molecule has 0 saturated carbocycles. The van der Waals surface area contributed by atoms with Crippen LogP contribution in [0.4, 0.5) is 0 Å². The van der Waals surface area contributed by atoms with Gasteiger partial charge in [0.25, 0.3) is 0 Å². The first-order valence-corrected chi connectivity index (χ1v) is 6.41. The lowest BCUT2D eigenvalue weighted by Gasteiger charge is -2.05. The van der Waals surface area contributed by atoms with Crippen molar-refractivity contribution < 1.29 is 8.42 Å². The number of hydrogen-bond acceptors (Lipinski definition) is 4. The van der Waals surface area contributed by atoms with Crippen LogP contribution < -0.4 is 4.72 Å². The normalized spacial score (nSPS) is 10.5. The van der Waals surface area contributed by atoms with Crippen LogP contribution in [-0.4, -0.2) is 15.0 Å². The highest BCUT2D eigenvalue weighted by molar-refractivity contribution is 7.89. The average Bonchev–Trinajstić information content (AvgIpc) is 2.30. The van der Waals surface area contributed by atoms with Gasteiger partial charge in [-0.3, -0.25) is 0 Å². The summed E-state index contributed by atoms with van der Waals surface area (Å²) in [4.78, 5) is 0.136. The molecule has 0 bridgehead atoms. The maximum Gasteiger partial charge on any atom is 0.240 e. The molecule has 1 N–H and O–H groups in total. The second-order valence-corrected chi connectivity index (χ2v) is 5.05. The van der Waals surface area contributed by atoms with Crippen LogP contribution in [0.1, 0.15) is 12.0 Å². The van der Waals surface area contributed by atoms with Crippen LogP contribution in [0.15, 0.2) is 29.2 Å². The van der Waals surface area contributed by atoms with Gasteiger partial charge in [-0.2, -0.15) is 10.5 Å². The lowest BCUT2D eigenvalue weighted by atomic mass is 10.2. The molecule has 0 aliphatic rings. The summed E-state index contributed by atoms with van der Waals surface area (Å²) in [6.45, 7) is 0.0960. The third-order valence-electron chi connectivity index (χ3n) is 2.05. The Bertz CT molecular complexity index is 550. The van der Waals surface area contributed by atoms with E-state index >= 15 is 0 Å². The monoisotopic (exact) mass is 249 g/mol. The number of nitriles is 2. The topological polar surface area (TPSA) is 93.8 Å². The van der Waals surface area contributed by atoms with Crippen molar-refractivity contribution in [1.29, 1.82) is 10.5 Å². The van der Waals surface area contributed by atoms with Crippen molar-refractivity contribution in [2.45, 2.75) is 17.7 Å². The zero-order valence-electron chi connectivity index (χ0n) is 9.05. The van der Waals surface area contributed by atoms with Crippen molar-refractivity contribution in [3.8, 4) is 12.1 Å². The average molecular weight is 249 g/mol. The molecule has 17 heavy (non-hydrogen) atoms. The van der Waals surface area contributed by atoms with Gasteiger partial charge >= 0.3 is 0 Å². The molecule has 5 nitrogen and oxygen atoms in total. The second-order valence-electron chi connectivity index (χ2n) is 3.28. The van der Waals surface area contributed by atoms with Gasteiger partial charge in [-0.25, -0.2) is 13.1 Å². The number of nitrogens with one attached hydrogen (secondary N) is 1. The Morgan fingerprint density at radius 3 is 2.29 bits per heavy atom. The van der Waals surface area contributed by atoms with E-state index in [9.17, 15) is 8.42 Å². The van der Waals surface area contributed by atoms with Gasteiger partial charge in [-0.1, -0.05) is 12.1 Å². The van der Waals surface area contributed by atoms with E-state index in [0.717, 1.165) is 5.56 Å². The number of hydrogen-bond donors (Lipinski definition) is 1. The Labute approximate surface area is 100 Å². The van der Waals surface area contributed by atoms with Gasteiger partial charge in [-0.15, -0.1) is 0 Å². The van der Waals surface area contributed by atoms with E-state index in [4.69, 9.17) is 10.5 Å². The minimum Gasteiger partial charge on any atom is -0.210 e. The van der Waals surface area contributed by atoms with Crippen molar-refractivity contribution in [3.05, 3.63) is 29.8 Å². The summed E-state index contributed by atoms with van der Waals surface area (Å²) in [5, 5.41) is 16.8. The Balaban J connectivity index is 2.79. The van der Waals surface area contributed by atoms with Gasteiger partial charge in [0.2, 0.25) is 10.0 Å². The van der Waals surface area contributed by atoms with Crippen molar-refractivity contribution in [2.24, 2.45) is 0 Å². The quantitative estimate of drug-likeness (QED) is 0.786. The zero-order valence-corrected chi connectivity index (χ0v) is 9.87. The van der Waals surface area contributed by atoms with Gasteiger partial charge in [0.1, 0.15) is 0 Å². The smallest absolute Gasteiger partial charge is 0.210 e. The second kappa shape index (κ2) is 6.00. The summed E-state index contributed by atoms with van der Waals surface area (Å²) in [7, 11) is -3.55. The molecule has 0 spiro atoms. The molecule has 1 rings (SSSR count). The fourth-order valence-electron chi connectivity index (χ4n) is 1.20. The molecule has 0 aromatic heterocycles. The van der Waals surface area contributed by atoms with Gasteiger partial charge in [0.05, 0.1) is 23.5 Å². The Morgan fingerprint density at radius 1 is 1.12 bits per heavy atom. The molecule has 6 heteroatoms. The molecular formula is C11H11N3O2S. The molecule has 0 unspecified atom stereocenters. The largest absolute Gasteiger partial charge is 0.240 e. The Morgan fingerprint density at radius 2 is 1.76 bits per heavy atom. The van der Waals surface area contributed by atoms with Crippen LogP contribution in [-0.2, 0) is 16.4 Å². The molecule has 88 valence electrons. The standard InChI is InChI=1S/C11H11N3O2S/c12-7-1-9-14-17(15,16)11-4-2-10(3-5-11)6-8-13/h2-5,14H,1,6,9H2.